The molecule has 0 bridgehead atoms. The number of esters is 1. The maximum atomic E-state index is 12.5. The molecule has 5 rings (SSSR count). The molecule has 4 heteroatoms. The minimum absolute atomic E-state index is 0.303. The number of pyridine rings is 1. The molecule has 1 aliphatic rings. The number of ether oxygens (including phenoxy) is 1. The Labute approximate surface area is 155 Å². The van der Waals surface area contributed by atoms with E-state index in [-0.39, 0.29) is 5.97 Å². The first kappa shape index (κ1) is 15.4. The minimum Gasteiger partial charge on any atom is -0.465 e. The number of methoxy groups -OCH3 is 1. The number of carbonyl (C=O) groups excluding carboxylic acids is 1. The van der Waals surface area contributed by atoms with Gasteiger partial charge < -0.3 is 4.74 Å². The number of carbonyl (C=O) groups is 1. The van der Waals surface area contributed by atoms with Crippen LogP contribution in [0.4, 0.5) is 0 Å². The summed E-state index contributed by atoms with van der Waals surface area (Å²) in [5.74, 6) is -0.303. The fraction of sp³-hybridized carbons (Fsp3) is 0.0909. The molecule has 3 nitrogen and oxygen atoms in total. The highest BCUT2D eigenvalue weighted by Crippen LogP contribution is 2.49. The van der Waals surface area contributed by atoms with Gasteiger partial charge in [0.05, 0.1) is 23.4 Å². The summed E-state index contributed by atoms with van der Waals surface area (Å²) in [4.78, 5) is 14.8. The van der Waals surface area contributed by atoms with Crippen LogP contribution in [0.25, 0.3) is 32.9 Å². The van der Waals surface area contributed by atoms with Gasteiger partial charge in [-0.3, -0.25) is 0 Å². The van der Waals surface area contributed by atoms with Crippen molar-refractivity contribution in [2.45, 2.75) is 9.79 Å². The first-order valence-electron chi connectivity index (χ1n) is 8.43. The van der Waals surface area contributed by atoms with Crippen LogP contribution in [0.15, 0.2) is 70.5 Å². The van der Waals surface area contributed by atoms with E-state index in [1.165, 1.54) is 28.5 Å². The van der Waals surface area contributed by atoms with Gasteiger partial charge in [-0.15, -0.1) is 0 Å². The molecule has 0 radical (unpaired) electrons. The highest BCUT2D eigenvalue weighted by Gasteiger charge is 2.29. The van der Waals surface area contributed by atoms with Crippen LogP contribution in [-0.4, -0.2) is 13.1 Å². The summed E-state index contributed by atoms with van der Waals surface area (Å²) in [5, 5.41) is 2.16. The molecule has 4 aromatic rings. The highest BCUT2D eigenvalue weighted by molar-refractivity contribution is 8.00. The van der Waals surface area contributed by atoms with Crippen LogP contribution in [0.2, 0.25) is 0 Å². The van der Waals surface area contributed by atoms with Crippen molar-refractivity contribution in [2.24, 2.45) is 7.05 Å². The largest absolute Gasteiger partial charge is 0.465 e. The summed E-state index contributed by atoms with van der Waals surface area (Å²) in [6.07, 6.45) is 0. The van der Waals surface area contributed by atoms with E-state index < -0.39 is 0 Å². The second-order valence-electron chi connectivity index (χ2n) is 6.38. The Balaban J connectivity index is 2.04. The van der Waals surface area contributed by atoms with Gasteiger partial charge in [-0.1, -0.05) is 48.2 Å². The molecule has 1 aromatic heterocycles. The molecule has 0 fully saturated rings. The second kappa shape index (κ2) is 5.58. The molecular formula is C22H16NO2S+. The van der Waals surface area contributed by atoms with Gasteiger partial charge in [-0.05, 0) is 23.3 Å². The highest BCUT2D eigenvalue weighted by atomic mass is 32.2. The third-order valence-electron chi connectivity index (χ3n) is 5.06. The number of benzene rings is 3. The van der Waals surface area contributed by atoms with E-state index in [4.69, 9.17) is 4.74 Å². The fourth-order valence-electron chi connectivity index (χ4n) is 3.87. The van der Waals surface area contributed by atoms with Gasteiger partial charge in [0.25, 0.3) is 0 Å². The average molecular weight is 358 g/mol. The number of aromatic nitrogens is 1. The van der Waals surface area contributed by atoms with E-state index in [0.717, 1.165) is 21.3 Å². The van der Waals surface area contributed by atoms with Crippen molar-refractivity contribution in [1.29, 1.82) is 0 Å². The number of fused-ring (bicyclic) bond motifs is 4. The maximum Gasteiger partial charge on any atom is 0.338 e. The molecule has 0 aliphatic carbocycles. The summed E-state index contributed by atoms with van der Waals surface area (Å²) in [5.41, 5.74) is 5.25. The van der Waals surface area contributed by atoms with E-state index in [1.54, 1.807) is 11.8 Å². The molecule has 0 unspecified atom stereocenters. The van der Waals surface area contributed by atoms with Gasteiger partial charge in [0.2, 0.25) is 11.0 Å². The van der Waals surface area contributed by atoms with Crippen molar-refractivity contribution in [1.82, 2.24) is 0 Å². The summed E-state index contributed by atoms with van der Waals surface area (Å²) >= 11 is 1.73. The molecular weight excluding hydrogens is 342 g/mol. The molecule has 1 aliphatic heterocycles. The van der Waals surface area contributed by atoms with Crippen molar-refractivity contribution in [3.05, 3.63) is 66.2 Å². The van der Waals surface area contributed by atoms with Crippen molar-refractivity contribution < 1.29 is 14.1 Å². The van der Waals surface area contributed by atoms with Crippen LogP contribution in [0.5, 0.6) is 0 Å². The van der Waals surface area contributed by atoms with Crippen LogP contribution in [-0.2, 0) is 11.8 Å². The number of hydrogen-bond donors (Lipinski definition) is 0. The van der Waals surface area contributed by atoms with E-state index in [0.29, 0.717) is 5.56 Å². The molecule has 126 valence electrons. The van der Waals surface area contributed by atoms with Crippen LogP contribution < -0.4 is 4.57 Å². The lowest BCUT2D eigenvalue weighted by Gasteiger charge is -2.21. The van der Waals surface area contributed by atoms with Crippen molar-refractivity contribution in [3.63, 3.8) is 0 Å². The predicted octanol–water partition coefficient (Wildman–Crippen LogP) is 4.74. The summed E-state index contributed by atoms with van der Waals surface area (Å²) in [6.45, 7) is 0. The Bertz CT molecular complexity index is 1230. The number of hydrogen-bond acceptors (Lipinski definition) is 3. The molecule has 2 heterocycles. The molecule has 0 amide bonds. The lowest BCUT2D eigenvalue weighted by atomic mass is 9.97. The Hall–Kier alpha value is -2.85. The first-order valence-corrected chi connectivity index (χ1v) is 9.25. The summed E-state index contributed by atoms with van der Waals surface area (Å²) in [6, 6.07) is 20.7. The Morgan fingerprint density at radius 3 is 2.38 bits per heavy atom. The minimum atomic E-state index is -0.303. The van der Waals surface area contributed by atoms with Crippen molar-refractivity contribution in [2.75, 3.05) is 7.11 Å². The monoisotopic (exact) mass is 358 g/mol. The average Bonchev–Trinajstić information content (AvgIpc) is 2.70. The predicted molar refractivity (Wildman–Crippen MR) is 104 cm³/mol. The standard InChI is InChI=1S/C22H16NO2S/c1-23-16-10-5-8-14-13-7-3-4-12-18(13)26-21(19(14)16)20-15(22(24)25-2)9-6-11-17(20)23/h3-12H,1-2H3/q+1. The zero-order valence-corrected chi connectivity index (χ0v) is 15.3. The van der Waals surface area contributed by atoms with Crippen molar-refractivity contribution in [3.8, 4) is 11.1 Å². The van der Waals surface area contributed by atoms with E-state index in [2.05, 4.69) is 60.1 Å². The van der Waals surface area contributed by atoms with Gasteiger partial charge in [-0.25, -0.2) is 4.79 Å². The SMILES string of the molecule is COC(=O)c1cccc2c1c1c3c(cccc3[n+]2C)-c2ccccc2S1. The molecule has 0 atom stereocenters. The molecule has 0 saturated heterocycles. The second-order valence-corrected chi connectivity index (χ2v) is 7.43. The summed E-state index contributed by atoms with van der Waals surface area (Å²) in [7, 11) is 3.49. The number of nitrogens with zero attached hydrogens (tertiary/aromatic N) is 1. The molecule has 0 spiro atoms. The molecule has 0 N–H and O–H groups in total. The number of rotatable bonds is 1. The maximum absolute atomic E-state index is 12.5. The number of aryl methyl sites for hydroxylation is 1. The van der Waals surface area contributed by atoms with Gasteiger partial charge >= 0.3 is 5.97 Å². The third kappa shape index (κ3) is 1.96. The topological polar surface area (TPSA) is 30.2 Å². The molecule has 26 heavy (non-hydrogen) atoms. The van der Waals surface area contributed by atoms with E-state index in [1.807, 2.05) is 12.1 Å². The molecule has 0 saturated carbocycles. The lowest BCUT2D eigenvalue weighted by Crippen LogP contribution is -2.31. The Morgan fingerprint density at radius 1 is 0.885 bits per heavy atom. The molecule has 3 aromatic carbocycles. The zero-order chi connectivity index (χ0) is 17.8. The third-order valence-corrected chi connectivity index (χ3v) is 6.24. The van der Waals surface area contributed by atoms with Crippen LogP contribution in [0.3, 0.4) is 0 Å². The first-order chi connectivity index (χ1) is 12.7. The smallest absolute Gasteiger partial charge is 0.338 e. The van der Waals surface area contributed by atoms with Gasteiger partial charge in [0.15, 0.2) is 0 Å². The van der Waals surface area contributed by atoms with Crippen LogP contribution >= 0.6 is 11.8 Å². The quantitative estimate of drug-likeness (QED) is 0.246. The van der Waals surface area contributed by atoms with Crippen LogP contribution in [0, 0.1) is 0 Å². The van der Waals surface area contributed by atoms with E-state index in [9.17, 15) is 4.79 Å². The normalized spacial score (nSPS) is 12.2. The lowest BCUT2D eigenvalue weighted by molar-refractivity contribution is -0.617. The Kier molecular flexibility index (Phi) is 3.31. The van der Waals surface area contributed by atoms with Crippen molar-refractivity contribution >= 4 is 39.5 Å². The van der Waals surface area contributed by atoms with Gasteiger partial charge in [0.1, 0.15) is 7.05 Å². The van der Waals surface area contributed by atoms with E-state index >= 15 is 0 Å². The van der Waals surface area contributed by atoms with Gasteiger partial charge in [0, 0.05) is 21.9 Å². The zero-order valence-electron chi connectivity index (χ0n) is 14.4. The Morgan fingerprint density at radius 2 is 1.58 bits per heavy atom. The van der Waals surface area contributed by atoms with Gasteiger partial charge in [-0.2, -0.15) is 4.57 Å². The summed E-state index contributed by atoms with van der Waals surface area (Å²) < 4.78 is 7.22. The van der Waals surface area contributed by atoms with Crippen LogP contribution in [0.1, 0.15) is 10.4 Å². The fourth-order valence-corrected chi connectivity index (χ4v) is 5.15.